The van der Waals surface area contributed by atoms with Gasteiger partial charge in [-0.2, -0.15) is 0 Å². The van der Waals surface area contributed by atoms with Gasteiger partial charge in [0.05, 0.1) is 12.3 Å². The Hall–Kier alpha value is -1.58. The SMILES string of the molecule is CCCCC(CC)COC(=O)CC(=O)c1ccc[nH]1. The Balaban J connectivity index is 2.29. The van der Waals surface area contributed by atoms with Crippen molar-refractivity contribution in [1.29, 1.82) is 0 Å². The summed E-state index contributed by atoms with van der Waals surface area (Å²) < 4.78 is 5.19. The second-order valence-electron chi connectivity index (χ2n) is 4.78. The Bertz CT molecular complexity index is 384. The molecule has 1 rings (SSSR count). The number of hydrogen-bond acceptors (Lipinski definition) is 3. The van der Waals surface area contributed by atoms with Crippen LogP contribution in [-0.2, 0) is 9.53 Å². The van der Waals surface area contributed by atoms with E-state index in [0.717, 1.165) is 25.7 Å². The van der Waals surface area contributed by atoms with E-state index in [1.165, 1.54) is 0 Å². The highest BCUT2D eigenvalue weighted by Crippen LogP contribution is 2.13. The molecule has 0 aliphatic rings. The lowest BCUT2D eigenvalue weighted by molar-refractivity contribution is -0.144. The number of aromatic amines is 1. The van der Waals surface area contributed by atoms with E-state index in [4.69, 9.17) is 4.74 Å². The molecule has 0 aromatic carbocycles. The van der Waals surface area contributed by atoms with Crippen molar-refractivity contribution < 1.29 is 14.3 Å². The molecule has 4 nitrogen and oxygen atoms in total. The number of Topliss-reactive ketones (excluding diaryl/α,β-unsaturated/α-hetero) is 1. The van der Waals surface area contributed by atoms with Crippen LogP contribution < -0.4 is 0 Å². The molecule has 0 radical (unpaired) electrons. The number of carbonyl (C=O) groups is 2. The van der Waals surface area contributed by atoms with Crippen LogP contribution in [0.3, 0.4) is 0 Å². The van der Waals surface area contributed by atoms with Crippen LogP contribution in [0.4, 0.5) is 0 Å². The van der Waals surface area contributed by atoms with E-state index in [-0.39, 0.29) is 12.2 Å². The topological polar surface area (TPSA) is 59.2 Å². The minimum atomic E-state index is -0.436. The fraction of sp³-hybridized carbons (Fsp3) is 0.600. The standard InChI is InChI=1S/C15H23NO3/c1-3-5-7-12(4-2)11-19-15(18)10-14(17)13-8-6-9-16-13/h6,8-9,12,16H,3-5,7,10-11H2,1-2H3. The molecule has 0 saturated carbocycles. The monoisotopic (exact) mass is 265 g/mol. The summed E-state index contributed by atoms with van der Waals surface area (Å²) in [7, 11) is 0. The Morgan fingerprint density at radius 1 is 1.37 bits per heavy atom. The normalized spacial score (nSPS) is 12.1. The van der Waals surface area contributed by atoms with Crippen molar-refractivity contribution in [2.75, 3.05) is 6.61 Å². The summed E-state index contributed by atoms with van der Waals surface area (Å²) in [5.74, 6) is -0.254. The van der Waals surface area contributed by atoms with Gasteiger partial charge in [0.1, 0.15) is 6.42 Å². The third-order valence-electron chi connectivity index (χ3n) is 3.23. The maximum Gasteiger partial charge on any atom is 0.313 e. The lowest BCUT2D eigenvalue weighted by Crippen LogP contribution is -2.16. The average Bonchev–Trinajstić information content (AvgIpc) is 2.93. The van der Waals surface area contributed by atoms with Gasteiger partial charge < -0.3 is 9.72 Å². The molecule has 4 heteroatoms. The Morgan fingerprint density at radius 2 is 2.16 bits per heavy atom. The van der Waals surface area contributed by atoms with Crippen molar-refractivity contribution in [3.63, 3.8) is 0 Å². The molecule has 0 saturated heterocycles. The number of hydrogen-bond donors (Lipinski definition) is 1. The number of unbranched alkanes of at least 4 members (excludes halogenated alkanes) is 1. The zero-order chi connectivity index (χ0) is 14.1. The first-order valence-corrected chi connectivity index (χ1v) is 6.99. The van der Waals surface area contributed by atoms with Gasteiger partial charge in [-0.05, 0) is 24.5 Å². The Kier molecular flexibility index (Phi) is 6.93. The van der Waals surface area contributed by atoms with Crippen molar-refractivity contribution in [1.82, 2.24) is 4.98 Å². The minimum Gasteiger partial charge on any atom is -0.465 e. The number of carbonyl (C=O) groups excluding carboxylic acids is 2. The predicted molar refractivity (Wildman–Crippen MR) is 74.0 cm³/mol. The fourth-order valence-electron chi connectivity index (χ4n) is 1.89. The number of ether oxygens (including phenoxy) is 1. The molecule has 1 unspecified atom stereocenters. The molecule has 1 heterocycles. The van der Waals surface area contributed by atoms with Crippen LogP contribution >= 0.6 is 0 Å². The number of nitrogens with one attached hydrogen (secondary N) is 1. The first-order chi connectivity index (χ1) is 9.17. The maximum absolute atomic E-state index is 11.7. The van der Waals surface area contributed by atoms with Gasteiger partial charge in [-0.3, -0.25) is 9.59 Å². The molecule has 0 bridgehead atoms. The smallest absolute Gasteiger partial charge is 0.313 e. The van der Waals surface area contributed by atoms with Crippen LogP contribution in [0.2, 0.25) is 0 Å². The molecule has 0 amide bonds. The number of rotatable bonds is 9. The number of ketones is 1. The molecule has 106 valence electrons. The molecule has 1 aromatic rings. The largest absolute Gasteiger partial charge is 0.465 e. The summed E-state index contributed by atoms with van der Waals surface area (Å²) in [6, 6.07) is 3.39. The highest BCUT2D eigenvalue weighted by molar-refractivity contribution is 6.04. The Morgan fingerprint density at radius 3 is 2.74 bits per heavy atom. The summed E-state index contributed by atoms with van der Waals surface area (Å²) in [5.41, 5.74) is 0.454. The molecule has 0 fully saturated rings. The number of aromatic nitrogens is 1. The van der Waals surface area contributed by atoms with Crippen molar-refractivity contribution >= 4 is 11.8 Å². The highest BCUT2D eigenvalue weighted by atomic mass is 16.5. The Labute approximate surface area is 114 Å². The van der Waals surface area contributed by atoms with Gasteiger partial charge in [-0.15, -0.1) is 0 Å². The van der Waals surface area contributed by atoms with Crippen LogP contribution in [0.1, 0.15) is 56.4 Å². The van der Waals surface area contributed by atoms with Crippen LogP contribution in [0, 0.1) is 5.92 Å². The minimum absolute atomic E-state index is 0.190. The van der Waals surface area contributed by atoms with Crippen molar-refractivity contribution in [3.8, 4) is 0 Å². The van der Waals surface area contributed by atoms with Gasteiger partial charge >= 0.3 is 5.97 Å². The number of esters is 1. The highest BCUT2D eigenvalue weighted by Gasteiger charge is 2.15. The first-order valence-electron chi connectivity index (χ1n) is 6.99. The van der Waals surface area contributed by atoms with E-state index in [1.807, 2.05) is 0 Å². The summed E-state index contributed by atoms with van der Waals surface area (Å²) in [4.78, 5) is 26.0. The molecular formula is C15H23NO3. The zero-order valence-electron chi connectivity index (χ0n) is 11.8. The van der Waals surface area contributed by atoms with Gasteiger partial charge in [-0.1, -0.05) is 33.1 Å². The van der Waals surface area contributed by atoms with E-state index in [1.54, 1.807) is 18.3 Å². The lowest BCUT2D eigenvalue weighted by Gasteiger charge is -2.14. The van der Waals surface area contributed by atoms with Gasteiger partial charge in [0.25, 0.3) is 0 Å². The first kappa shape index (κ1) is 15.5. The third kappa shape index (κ3) is 5.73. The van der Waals surface area contributed by atoms with E-state index in [9.17, 15) is 9.59 Å². The maximum atomic E-state index is 11.7. The molecular weight excluding hydrogens is 242 g/mol. The van der Waals surface area contributed by atoms with Crippen molar-refractivity contribution in [2.45, 2.75) is 46.0 Å². The van der Waals surface area contributed by atoms with Gasteiger partial charge in [0.2, 0.25) is 0 Å². The van der Waals surface area contributed by atoms with E-state index in [0.29, 0.717) is 18.2 Å². The summed E-state index contributed by atoms with van der Waals surface area (Å²) in [6.07, 6.45) is 5.84. The third-order valence-corrected chi connectivity index (χ3v) is 3.23. The van der Waals surface area contributed by atoms with E-state index in [2.05, 4.69) is 18.8 Å². The van der Waals surface area contributed by atoms with Crippen LogP contribution in [0.5, 0.6) is 0 Å². The van der Waals surface area contributed by atoms with Crippen LogP contribution in [-0.4, -0.2) is 23.3 Å². The lowest BCUT2D eigenvalue weighted by atomic mass is 10.0. The van der Waals surface area contributed by atoms with Gasteiger partial charge in [0, 0.05) is 6.20 Å². The quantitative estimate of drug-likeness (QED) is 0.423. The van der Waals surface area contributed by atoms with Crippen molar-refractivity contribution in [3.05, 3.63) is 24.0 Å². The second-order valence-corrected chi connectivity index (χ2v) is 4.78. The zero-order valence-corrected chi connectivity index (χ0v) is 11.8. The van der Waals surface area contributed by atoms with Gasteiger partial charge in [-0.25, -0.2) is 0 Å². The summed E-state index contributed by atoms with van der Waals surface area (Å²) in [6.45, 7) is 4.67. The molecule has 1 atom stereocenters. The molecule has 0 aliphatic heterocycles. The molecule has 19 heavy (non-hydrogen) atoms. The predicted octanol–water partition coefficient (Wildman–Crippen LogP) is 3.35. The van der Waals surface area contributed by atoms with Crippen LogP contribution in [0.25, 0.3) is 0 Å². The molecule has 1 aromatic heterocycles. The van der Waals surface area contributed by atoms with Crippen LogP contribution in [0.15, 0.2) is 18.3 Å². The molecule has 0 aliphatic carbocycles. The van der Waals surface area contributed by atoms with E-state index < -0.39 is 5.97 Å². The van der Waals surface area contributed by atoms with E-state index >= 15 is 0 Å². The summed E-state index contributed by atoms with van der Waals surface area (Å²) in [5, 5.41) is 0. The number of H-pyrrole nitrogens is 1. The fourth-order valence-corrected chi connectivity index (χ4v) is 1.89. The van der Waals surface area contributed by atoms with Gasteiger partial charge in [0.15, 0.2) is 5.78 Å². The van der Waals surface area contributed by atoms with Crippen molar-refractivity contribution in [2.24, 2.45) is 5.92 Å². The average molecular weight is 265 g/mol. The summed E-state index contributed by atoms with van der Waals surface area (Å²) >= 11 is 0. The molecule has 0 spiro atoms. The molecule has 1 N–H and O–H groups in total. The second kappa shape index (κ2) is 8.51.